The van der Waals surface area contributed by atoms with Crippen LogP contribution in [-0.4, -0.2) is 55.0 Å². The van der Waals surface area contributed by atoms with Gasteiger partial charge in [0.05, 0.1) is 25.7 Å². The fourth-order valence-corrected chi connectivity index (χ4v) is 2.38. The maximum absolute atomic E-state index is 11.6. The SMILES string of the molecule is CCCCOCC(O)CN(CCC(=O)OCC)Cc1ccccc1. The van der Waals surface area contributed by atoms with Crippen molar-refractivity contribution in [2.24, 2.45) is 0 Å². The summed E-state index contributed by atoms with van der Waals surface area (Å²) in [5.74, 6) is -0.204. The first-order valence-corrected chi connectivity index (χ1v) is 8.83. The number of aliphatic hydroxyl groups is 1. The predicted octanol–water partition coefficient (Wildman–Crippen LogP) is 2.62. The van der Waals surface area contributed by atoms with Gasteiger partial charge in [-0.3, -0.25) is 9.69 Å². The summed E-state index contributed by atoms with van der Waals surface area (Å²) in [7, 11) is 0. The zero-order valence-electron chi connectivity index (χ0n) is 14.9. The van der Waals surface area contributed by atoms with Gasteiger partial charge in [-0.25, -0.2) is 0 Å². The normalized spacial score (nSPS) is 12.3. The first kappa shape index (κ1) is 20.6. The molecule has 0 fully saturated rings. The van der Waals surface area contributed by atoms with Gasteiger partial charge in [-0.15, -0.1) is 0 Å². The van der Waals surface area contributed by atoms with Crippen LogP contribution in [0.5, 0.6) is 0 Å². The number of aliphatic hydroxyl groups excluding tert-OH is 1. The van der Waals surface area contributed by atoms with E-state index in [0.717, 1.165) is 18.4 Å². The summed E-state index contributed by atoms with van der Waals surface area (Å²) >= 11 is 0. The van der Waals surface area contributed by atoms with Gasteiger partial charge in [0.1, 0.15) is 0 Å². The summed E-state index contributed by atoms with van der Waals surface area (Å²) in [6, 6.07) is 10.0. The second-order valence-corrected chi connectivity index (χ2v) is 5.86. The first-order chi connectivity index (χ1) is 11.7. The third kappa shape index (κ3) is 9.65. The van der Waals surface area contributed by atoms with Crippen molar-refractivity contribution in [3.05, 3.63) is 35.9 Å². The number of esters is 1. The summed E-state index contributed by atoms with van der Waals surface area (Å²) in [5.41, 5.74) is 1.15. The molecule has 5 nitrogen and oxygen atoms in total. The molecule has 5 heteroatoms. The van der Waals surface area contributed by atoms with Crippen LogP contribution >= 0.6 is 0 Å². The fraction of sp³-hybridized carbons (Fsp3) is 0.632. The molecule has 136 valence electrons. The van der Waals surface area contributed by atoms with Gasteiger partial charge >= 0.3 is 5.97 Å². The smallest absolute Gasteiger partial charge is 0.307 e. The van der Waals surface area contributed by atoms with Gasteiger partial charge in [0.2, 0.25) is 0 Å². The lowest BCUT2D eigenvalue weighted by Crippen LogP contribution is -2.36. The minimum atomic E-state index is -0.562. The molecule has 0 bridgehead atoms. The topological polar surface area (TPSA) is 59.0 Å². The number of carbonyl (C=O) groups excluding carboxylic acids is 1. The Bertz CT molecular complexity index is 438. The standard InChI is InChI=1S/C19H31NO4/c1-3-5-13-23-16-18(21)15-20(12-11-19(22)24-4-2)14-17-9-7-6-8-10-17/h6-10,18,21H,3-5,11-16H2,1-2H3. The Kier molecular flexibility index (Phi) is 11.1. The Balaban J connectivity index is 2.48. The zero-order valence-corrected chi connectivity index (χ0v) is 14.9. The lowest BCUT2D eigenvalue weighted by molar-refractivity contribution is -0.143. The Morgan fingerprint density at radius 3 is 2.67 bits per heavy atom. The average Bonchev–Trinajstić information content (AvgIpc) is 2.58. The van der Waals surface area contributed by atoms with Crippen LogP contribution < -0.4 is 0 Å². The Labute approximate surface area is 145 Å². The molecule has 1 N–H and O–H groups in total. The second kappa shape index (κ2) is 12.9. The van der Waals surface area contributed by atoms with Crippen LogP contribution in [0.15, 0.2) is 30.3 Å². The number of benzene rings is 1. The van der Waals surface area contributed by atoms with Crippen LogP contribution in [0.3, 0.4) is 0 Å². The van der Waals surface area contributed by atoms with Crippen molar-refractivity contribution in [2.45, 2.75) is 45.8 Å². The van der Waals surface area contributed by atoms with E-state index in [1.54, 1.807) is 6.92 Å². The molecule has 1 aromatic carbocycles. The minimum absolute atomic E-state index is 0.204. The highest BCUT2D eigenvalue weighted by atomic mass is 16.5. The monoisotopic (exact) mass is 337 g/mol. The lowest BCUT2D eigenvalue weighted by atomic mass is 10.2. The molecule has 1 rings (SSSR count). The first-order valence-electron chi connectivity index (χ1n) is 8.83. The van der Waals surface area contributed by atoms with Gasteiger partial charge in [0, 0.05) is 26.2 Å². The maximum Gasteiger partial charge on any atom is 0.307 e. The molecule has 24 heavy (non-hydrogen) atoms. The van der Waals surface area contributed by atoms with Gasteiger partial charge in [0.15, 0.2) is 0 Å². The number of unbranched alkanes of at least 4 members (excludes halogenated alkanes) is 1. The van der Waals surface area contributed by atoms with Gasteiger partial charge < -0.3 is 14.6 Å². The Hall–Kier alpha value is -1.43. The van der Waals surface area contributed by atoms with Crippen molar-refractivity contribution in [2.75, 3.05) is 32.9 Å². The summed E-state index contributed by atoms with van der Waals surface area (Å²) in [6.07, 6.45) is 1.84. The van der Waals surface area contributed by atoms with E-state index in [2.05, 4.69) is 11.8 Å². The molecule has 0 saturated carbocycles. The molecule has 0 spiro atoms. The van der Waals surface area contributed by atoms with E-state index >= 15 is 0 Å². The molecule has 0 heterocycles. The van der Waals surface area contributed by atoms with E-state index in [-0.39, 0.29) is 5.97 Å². The van der Waals surface area contributed by atoms with Crippen LogP contribution in [0.4, 0.5) is 0 Å². The van der Waals surface area contributed by atoms with Gasteiger partial charge in [0.25, 0.3) is 0 Å². The molecule has 0 amide bonds. The number of ether oxygens (including phenoxy) is 2. The van der Waals surface area contributed by atoms with E-state index in [0.29, 0.717) is 45.9 Å². The van der Waals surface area contributed by atoms with Gasteiger partial charge in [-0.1, -0.05) is 43.7 Å². The van der Waals surface area contributed by atoms with Crippen molar-refractivity contribution < 1.29 is 19.4 Å². The minimum Gasteiger partial charge on any atom is -0.466 e. The number of carbonyl (C=O) groups is 1. The van der Waals surface area contributed by atoms with Gasteiger partial charge in [-0.2, -0.15) is 0 Å². The highest BCUT2D eigenvalue weighted by Gasteiger charge is 2.14. The van der Waals surface area contributed by atoms with E-state index in [1.165, 1.54) is 0 Å². The third-order valence-electron chi connectivity index (χ3n) is 3.61. The van der Waals surface area contributed by atoms with Crippen LogP contribution in [0.1, 0.15) is 38.7 Å². The van der Waals surface area contributed by atoms with Crippen molar-refractivity contribution in [1.29, 1.82) is 0 Å². The fourth-order valence-electron chi connectivity index (χ4n) is 2.38. The number of nitrogens with zero attached hydrogens (tertiary/aromatic N) is 1. The van der Waals surface area contributed by atoms with E-state index in [4.69, 9.17) is 9.47 Å². The molecule has 1 atom stereocenters. The predicted molar refractivity (Wildman–Crippen MR) is 94.7 cm³/mol. The molecule has 1 aromatic rings. The maximum atomic E-state index is 11.6. The summed E-state index contributed by atoms with van der Waals surface area (Å²) in [5, 5.41) is 10.2. The van der Waals surface area contributed by atoms with Crippen LogP contribution in [0, 0.1) is 0 Å². The van der Waals surface area contributed by atoms with Crippen molar-refractivity contribution in [3.8, 4) is 0 Å². The largest absolute Gasteiger partial charge is 0.466 e. The van der Waals surface area contributed by atoms with Crippen LogP contribution in [0.25, 0.3) is 0 Å². The molecule has 0 aliphatic rings. The van der Waals surface area contributed by atoms with Crippen molar-refractivity contribution >= 4 is 5.97 Å². The summed E-state index contributed by atoms with van der Waals surface area (Å²) < 4.78 is 10.5. The molecular formula is C19H31NO4. The number of hydrogen-bond donors (Lipinski definition) is 1. The van der Waals surface area contributed by atoms with E-state index < -0.39 is 6.10 Å². The molecule has 1 unspecified atom stereocenters. The quantitative estimate of drug-likeness (QED) is 0.443. The Morgan fingerprint density at radius 2 is 2.00 bits per heavy atom. The lowest BCUT2D eigenvalue weighted by Gasteiger charge is -2.25. The number of hydrogen-bond acceptors (Lipinski definition) is 5. The number of rotatable bonds is 13. The zero-order chi connectivity index (χ0) is 17.6. The highest BCUT2D eigenvalue weighted by molar-refractivity contribution is 5.69. The second-order valence-electron chi connectivity index (χ2n) is 5.86. The molecular weight excluding hydrogens is 306 g/mol. The van der Waals surface area contributed by atoms with Gasteiger partial charge in [-0.05, 0) is 18.9 Å². The molecule has 0 aliphatic heterocycles. The Morgan fingerprint density at radius 1 is 1.25 bits per heavy atom. The van der Waals surface area contributed by atoms with Crippen molar-refractivity contribution in [1.82, 2.24) is 4.90 Å². The van der Waals surface area contributed by atoms with Crippen LogP contribution in [-0.2, 0) is 20.8 Å². The molecule has 0 radical (unpaired) electrons. The van der Waals surface area contributed by atoms with Crippen molar-refractivity contribution in [3.63, 3.8) is 0 Å². The summed E-state index contributed by atoms with van der Waals surface area (Å²) in [4.78, 5) is 13.7. The summed E-state index contributed by atoms with van der Waals surface area (Å²) in [6.45, 7) is 7.02. The third-order valence-corrected chi connectivity index (χ3v) is 3.61. The van der Waals surface area contributed by atoms with E-state index in [9.17, 15) is 9.90 Å². The van der Waals surface area contributed by atoms with E-state index in [1.807, 2.05) is 30.3 Å². The molecule has 0 aliphatic carbocycles. The molecule has 0 aromatic heterocycles. The highest BCUT2D eigenvalue weighted by Crippen LogP contribution is 2.07. The van der Waals surface area contributed by atoms with Crippen LogP contribution in [0.2, 0.25) is 0 Å². The average molecular weight is 337 g/mol. The molecule has 0 saturated heterocycles.